The van der Waals surface area contributed by atoms with Gasteiger partial charge in [-0.25, -0.2) is 19.7 Å². The van der Waals surface area contributed by atoms with E-state index in [1.54, 1.807) is 40.6 Å². The number of aromatic nitrogens is 4. The summed E-state index contributed by atoms with van der Waals surface area (Å²) < 4.78 is 12.9. The van der Waals surface area contributed by atoms with Crippen molar-refractivity contribution in [2.75, 3.05) is 13.2 Å². The standard InChI is InChI=1S/C22H23N5O4/c28-21(31-12-16-4-2-1-3-5-16)27-18-8-22(29,9-19(27)14-30-13-18)17-10-24-20(25-11-17)26-7-6-23-15-26/h1-7,10-11,15,18-19,29H,8-9,12-14H2. The molecule has 4 heterocycles. The van der Waals surface area contributed by atoms with Gasteiger partial charge >= 0.3 is 6.09 Å². The van der Waals surface area contributed by atoms with Gasteiger partial charge in [-0.1, -0.05) is 30.3 Å². The summed E-state index contributed by atoms with van der Waals surface area (Å²) in [5.74, 6) is 0.482. The van der Waals surface area contributed by atoms with Gasteiger partial charge in [-0.15, -0.1) is 0 Å². The van der Waals surface area contributed by atoms with Crippen LogP contribution in [-0.4, -0.2) is 60.9 Å². The summed E-state index contributed by atoms with van der Waals surface area (Å²) in [4.78, 5) is 27.3. The minimum absolute atomic E-state index is 0.213. The molecule has 2 aromatic heterocycles. The van der Waals surface area contributed by atoms with Gasteiger partial charge in [0.15, 0.2) is 0 Å². The predicted molar refractivity (Wildman–Crippen MR) is 109 cm³/mol. The lowest BCUT2D eigenvalue weighted by Crippen LogP contribution is -2.62. The Kier molecular flexibility index (Phi) is 5.13. The predicted octanol–water partition coefficient (Wildman–Crippen LogP) is 2.05. The maximum Gasteiger partial charge on any atom is 0.410 e. The molecule has 1 amide bonds. The lowest BCUT2D eigenvalue weighted by atomic mass is 9.78. The number of ether oxygens (including phenoxy) is 2. The fourth-order valence-electron chi connectivity index (χ4n) is 4.38. The minimum atomic E-state index is -1.14. The second-order valence-corrected chi connectivity index (χ2v) is 7.97. The third kappa shape index (κ3) is 3.89. The average molecular weight is 421 g/mol. The first-order chi connectivity index (χ1) is 15.1. The van der Waals surface area contributed by atoms with Crippen LogP contribution in [0.4, 0.5) is 4.79 Å². The van der Waals surface area contributed by atoms with Gasteiger partial charge in [0.1, 0.15) is 12.9 Å². The molecule has 2 saturated heterocycles. The maximum atomic E-state index is 12.8. The van der Waals surface area contributed by atoms with Crippen LogP contribution in [0.1, 0.15) is 24.0 Å². The summed E-state index contributed by atoms with van der Waals surface area (Å²) >= 11 is 0. The smallest absolute Gasteiger partial charge is 0.410 e. The lowest BCUT2D eigenvalue weighted by Gasteiger charge is -2.50. The van der Waals surface area contributed by atoms with Crippen molar-refractivity contribution in [3.05, 3.63) is 72.6 Å². The summed E-state index contributed by atoms with van der Waals surface area (Å²) in [5.41, 5.74) is 0.425. The van der Waals surface area contributed by atoms with Crippen LogP contribution in [0.3, 0.4) is 0 Å². The molecule has 2 unspecified atom stereocenters. The van der Waals surface area contributed by atoms with E-state index in [0.29, 0.717) is 37.6 Å². The van der Waals surface area contributed by atoms with E-state index in [1.165, 1.54) is 0 Å². The van der Waals surface area contributed by atoms with Crippen LogP contribution in [0.25, 0.3) is 5.95 Å². The molecule has 1 N–H and O–H groups in total. The Bertz CT molecular complexity index is 1010. The van der Waals surface area contributed by atoms with Crippen LogP contribution in [-0.2, 0) is 21.7 Å². The number of hydrogen-bond donors (Lipinski definition) is 1. The fourth-order valence-corrected chi connectivity index (χ4v) is 4.38. The van der Waals surface area contributed by atoms with Crippen LogP contribution in [0.2, 0.25) is 0 Å². The largest absolute Gasteiger partial charge is 0.445 e. The zero-order chi connectivity index (χ0) is 21.3. The first-order valence-corrected chi connectivity index (χ1v) is 10.2. The van der Waals surface area contributed by atoms with Gasteiger partial charge in [-0.3, -0.25) is 9.47 Å². The average Bonchev–Trinajstić information content (AvgIpc) is 3.33. The summed E-state index contributed by atoms with van der Waals surface area (Å²) in [6.07, 6.45) is 8.59. The van der Waals surface area contributed by atoms with E-state index in [2.05, 4.69) is 15.0 Å². The highest BCUT2D eigenvalue weighted by Crippen LogP contribution is 2.41. The van der Waals surface area contributed by atoms with Crippen LogP contribution in [0, 0.1) is 0 Å². The van der Waals surface area contributed by atoms with E-state index in [9.17, 15) is 9.90 Å². The van der Waals surface area contributed by atoms with Gasteiger partial charge in [0, 0.05) is 43.2 Å². The Morgan fingerprint density at radius 3 is 2.52 bits per heavy atom. The second-order valence-electron chi connectivity index (χ2n) is 7.97. The third-order valence-electron chi connectivity index (χ3n) is 5.88. The van der Waals surface area contributed by atoms with Crippen LogP contribution >= 0.6 is 0 Å². The third-order valence-corrected chi connectivity index (χ3v) is 5.88. The Balaban J connectivity index is 1.30. The normalized spacial score (nSPS) is 25.3. The molecule has 2 bridgehead atoms. The Labute approximate surface area is 179 Å². The van der Waals surface area contributed by atoms with Crippen molar-refractivity contribution in [2.24, 2.45) is 0 Å². The van der Waals surface area contributed by atoms with Crippen molar-refractivity contribution in [2.45, 2.75) is 37.1 Å². The van der Waals surface area contributed by atoms with Crippen LogP contribution < -0.4 is 0 Å². The molecular weight excluding hydrogens is 398 g/mol. The van der Waals surface area contributed by atoms with E-state index < -0.39 is 5.60 Å². The molecule has 2 fully saturated rings. The number of benzene rings is 1. The van der Waals surface area contributed by atoms with Crippen molar-refractivity contribution in [1.82, 2.24) is 24.4 Å². The number of hydrogen-bond acceptors (Lipinski definition) is 7. The zero-order valence-electron chi connectivity index (χ0n) is 16.9. The highest BCUT2D eigenvalue weighted by atomic mass is 16.6. The molecule has 9 heteroatoms. The summed E-state index contributed by atoms with van der Waals surface area (Å²) in [6.45, 7) is 0.921. The maximum absolute atomic E-state index is 12.8. The molecule has 1 aromatic carbocycles. The number of morpholine rings is 1. The van der Waals surface area contributed by atoms with Gasteiger partial charge in [-0.2, -0.15) is 0 Å². The molecule has 2 atom stereocenters. The summed E-state index contributed by atoms with van der Waals surface area (Å²) in [6, 6.07) is 9.01. The highest BCUT2D eigenvalue weighted by molar-refractivity contribution is 5.69. The van der Waals surface area contributed by atoms with Crippen molar-refractivity contribution < 1.29 is 19.4 Å². The van der Waals surface area contributed by atoms with Crippen molar-refractivity contribution >= 4 is 6.09 Å². The minimum Gasteiger partial charge on any atom is -0.445 e. The second kappa shape index (κ2) is 8.09. The lowest BCUT2D eigenvalue weighted by molar-refractivity contribution is -0.137. The number of carbonyl (C=O) groups is 1. The van der Waals surface area contributed by atoms with Crippen molar-refractivity contribution in [1.29, 1.82) is 0 Å². The topological polar surface area (TPSA) is 103 Å². The molecule has 3 aromatic rings. The first kappa shape index (κ1) is 19.7. The van der Waals surface area contributed by atoms with E-state index in [4.69, 9.17) is 9.47 Å². The molecule has 0 spiro atoms. The highest BCUT2D eigenvalue weighted by Gasteiger charge is 2.49. The number of fused-ring (bicyclic) bond motifs is 2. The Morgan fingerprint density at radius 2 is 1.87 bits per heavy atom. The first-order valence-electron chi connectivity index (χ1n) is 10.2. The number of carbonyl (C=O) groups excluding carboxylic acids is 1. The molecule has 31 heavy (non-hydrogen) atoms. The zero-order valence-corrected chi connectivity index (χ0v) is 16.9. The Morgan fingerprint density at radius 1 is 1.16 bits per heavy atom. The fraction of sp³-hybridized carbons (Fsp3) is 0.364. The molecule has 0 radical (unpaired) electrons. The number of piperidine rings is 1. The number of imidazole rings is 1. The van der Waals surface area contributed by atoms with E-state index in [-0.39, 0.29) is 24.8 Å². The van der Waals surface area contributed by atoms with Crippen LogP contribution in [0.15, 0.2) is 61.4 Å². The monoisotopic (exact) mass is 421 g/mol. The molecule has 5 rings (SSSR count). The summed E-state index contributed by atoms with van der Waals surface area (Å²) in [7, 11) is 0. The van der Waals surface area contributed by atoms with Gasteiger partial charge < -0.3 is 14.6 Å². The molecule has 2 aliphatic rings. The molecule has 160 valence electrons. The molecule has 0 saturated carbocycles. The number of amides is 1. The molecule has 0 aliphatic carbocycles. The van der Waals surface area contributed by atoms with Gasteiger partial charge in [0.25, 0.3) is 0 Å². The SMILES string of the molecule is O=C(OCc1ccccc1)N1C2COCC1CC(O)(c1cnc(-n3ccnc3)nc1)C2. The molecule has 2 aliphatic heterocycles. The van der Waals surface area contributed by atoms with E-state index in [0.717, 1.165) is 5.56 Å². The quantitative estimate of drug-likeness (QED) is 0.688. The Hall–Kier alpha value is -3.30. The van der Waals surface area contributed by atoms with Crippen molar-refractivity contribution in [3.63, 3.8) is 0 Å². The molecular formula is C22H23N5O4. The van der Waals surface area contributed by atoms with Crippen molar-refractivity contribution in [3.8, 4) is 5.95 Å². The number of nitrogens with zero attached hydrogens (tertiary/aromatic N) is 5. The van der Waals surface area contributed by atoms with Gasteiger partial charge in [-0.05, 0) is 5.56 Å². The van der Waals surface area contributed by atoms with E-state index in [1.807, 2.05) is 30.3 Å². The number of rotatable bonds is 4. The van der Waals surface area contributed by atoms with Gasteiger partial charge in [0.05, 0.1) is 30.9 Å². The molecule has 9 nitrogen and oxygen atoms in total. The van der Waals surface area contributed by atoms with Gasteiger partial charge in [0.2, 0.25) is 5.95 Å². The van der Waals surface area contributed by atoms with Crippen LogP contribution in [0.5, 0.6) is 0 Å². The summed E-state index contributed by atoms with van der Waals surface area (Å²) in [5, 5.41) is 11.4. The number of aliphatic hydroxyl groups is 1. The van der Waals surface area contributed by atoms with E-state index >= 15 is 0 Å².